The molecule has 4 unspecified atom stereocenters. The summed E-state index contributed by atoms with van der Waals surface area (Å²) in [6.07, 6.45) is -23.0. The Morgan fingerprint density at radius 3 is 1.29 bits per heavy atom. The number of halogens is 12. The molecule has 0 aromatic heterocycles. The largest absolute Gasteiger partial charge is 0.458 e. The fourth-order valence-electron chi connectivity index (χ4n) is 7.04. The highest BCUT2D eigenvalue weighted by atomic mass is 19.4. The van der Waals surface area contributed by atoms with Gasteiger partial charge >= 0.3 is 47.8 Å². The van der Waals surface area contributed by atoms with Crippen LogP contribution in [0.15, 0.2) is 84.9 Å². The van der Waals surface area contributed by atoms with Crippen molar-refractivity contribution in [2.75, 3.05) is 13.4 Å². The smallest absolute Gasteiger partial charge is 0.437 e. The highest BCUT2D eigenvalue weighted by molar-refractivity contribution is 5.92. The van der Waals surface area contributed by atoms with Gasteiger partial charge in [-0.3, -0.25) is 0 Å². The van der Waals surface area contributed by atoms with Gasteiger partial charge in [-0.1, -0.05) is 147 Å². The number of alkyl halides is 12. The normalized spacial score (nSPS) is 16.4. The predicted octanol–water partition coefficient (Wildman–Crippen LogP) is 14.3. The number of benzene rings is 4. The Kier molecular flexibility index (Phi) is 19.4. The average molecular weight is 999 g/mol. The number of rotatable bonds is 14. The molecule has 1 N–H and O–H groups in total. The fourth-order valence-corrected chi connectivity index (χ4v) is 7.04. The third kappa shape index (κ3) is 13.9. The zero-order chi connectivity index (χ0) is 52.6. The summed E-state index contributed by atoms with van der Waals surface area (Å²) in [5.41, 5.74) is -5.89. The summed E-state index contributed by atoms with van der Waals surface area (Å²) < 4.78 is 173. The first-order valence-corrected chi connectivity index (χ1v) is 21.9. The lowest BCUT2D eigenvalue weighted by Gasteiger charge is -2.34. The van der Waals surface area contributed by atoms with E-state index < -0.39 is 73.3 Å². The van der Waals surface area contributed by atoms with Crippen molar-refractivity contribution in [2.24, 2.45) is 5.41 Å². The second kappa shape index (κ2) is 22.9. The first-order chi connectivity index (χ1) is 31.7. The summed E-state index contributed by atoms with van der Waals surface area (Å²) in [6, 6.07) is 25.8. The number of aliphatic hydroxyl groups is 1. The van der Waals surface area contributed by atoms with E-state index in [2.05, 4.69) is 64.5 Å². The molecule has 0 saturated carbocycles. The molecule has 0 aliphatic heterocycles. The van der Waals surface area contributed by atoms with Crippen molar-refractivity contribution in [3.05, 3.63) is 118 Å². The zero-order valence-electron chi connectivity index (χ0n) is 39.6. The van der Waals surface area contributed by atoms with Crippen LogP contribution in [-0.2, 0) is 41.8 Å². The van der Waals surface area contributed by atoms with Crippen LogP contribution in [0.4, 0.5) is 52.7 Å². The van der Waals surface area contributed by atoms with Gasteiger partial charge in [0.1, 0.15) is 20.0 Å². The monoisotopic (exact) mass is 998 g/mol. The van der Waals surface area contributed by atoms with Crippen molar-refractivity contribution in [3.8, 4) is 0 Å². The molecule has 0 radical (unpaired) electrons. The second-order valence-electron chi connectivity index (χ2n) is 18.2. The quantitative estimate of drug-likeness (QED) is 0.0582. The summed E-state index contributed by atoms with van der Waals surface area (Å²) in [4.78, 5) is 23.3. The molecule has 0 saturated heterocycles. The van der Waals surface area contributed by atoms with Gasteiger partial charge in [-0.25, -0.2) is 9.59 Å². The summed E-state index contributed by atoms with van der Waals surface area (Å²) in [5.74, 6) is -3.61. The SMILES string of the molecule is CC1c2cccc3cccc(c23)C1C.CCC(C)c1ccc(COC(=O)C(O)(C(F)(F)F)C(F)(F)F)cc1.CCC(C)c1ccc(COC(=O)C(OCOCC(C)(C)C)(C(F)(F)F)C(F)(F)F)cc1. The van der Waals surface area contributed by atoms with E-state index in [0.717, 1.165) is 24.0 Å². The van der Waals surface area contributed by atoms with Gasteiger partial charge < -0.3 is 24.1 Å². The Hall–Kier alpha value is -4.88. The lowest BCUT2D eigenvalue weighted by molar-refractivity contribution is -0.381. The molecule has 7 nitrogen and oxygen atoms in total. The van der Waals surface area contributed by atoms with Crippen LogP contribution in [0.1, 0.15) is 132 Å². The molecule has 1 aliphatic rings. The predicted molar refractivity (Wildman–Crippen MR) is 234 cm³/mol. The standard InChI is InChI=1S/C21H28F6O4.C15H16F6O3.C14H14/c1-6-14(2)16-9-7-15(8-10-16)11-30-17(28)19(20(22,23)24,21(25,26)27)31-13-29-12-18(3,4)5;1-3-9(2)11-6-4-10(5-7-11)8-24-12(22)13(23,14(16,17)18)15(19,20)21;1-9-10(2)13-8-4-6-11-5-3-7-12(9)14(11)13/h7-10,14H,6,11-13H2,1-5H3;4-7,9,23H,3,8H2,1-2H3;3-10H,1-2H3. The molecule has 0 fully saturated rings. The summed E-state index contributed by atoms with van der Waals surface area (Å²) >= 11 is 0. The molecule has 19 heteroatoms. The molecule has 0 amide bonds. The maximum absolute atomic E-state index is 13.5. The summed E-state index contributed by atoms with van der Waals surface area (Å²) in [6.45, 7) is 14.3. The van der Waals surface area contributed by atoms with Gasteiger partial charge in [0.15, 0.2) is 0 Å². The van der Waals surface area contributed by atoms with E-state index in [0.29, 0.717) is 11.8 Å². The average Bonchev–Trinajstić information content (AvgIpc) is 3.51. The van der Waals surface area contributed by atoms with Crippen LogP contribution in [0, 0.1) is 5.41 Å². The molecular formula is C50H58F12O7. The Bertz CT molecular complexity index is 2210. The number of hydrogen-bond donors (Lipinski definition) is 1. The molecule has 0 heterocycles. The lowest BCUT2D eigenvalue weighted by Crippen LogP contribution is -2.64. The molecule has 0 spiro atoms. The van der Waals surface area contributed by atoms with E-state index in [1.807, 2.05) is 27.7 Å². The molecule has 69 heavy (non-hydrogen) atoms. The Morgan fingerprint density at radius 1 is 0.580 bits per heavy atom. The number of carbonyl (C=O) groups is 2. The number of ether oxygens (including phenoxy) is 4. The molecule has 0 bridgehead atoms. The van der Waals surface area contributed by atoms with E-state index in [4.69, 9.17) is 9.84 Å². The Balaban J connectivity index is 0.000000291. The molecule has 4 atom stereocenters. The van der Waals surface area contributed by atoms with Crippen LogP contribution in [0.5, 0.6) is 0 Å². The topological polar surface area (TPSA) is 91.3 Å². The molecule has 4 aromatic carbocycles. The third-order valence-corrected chi connectivity index (χ3v) is 11.9. The van der Waals surface area contributed by atoms with Crippen molar-refractivity contribution >= 4 is 22.7 Å². The van der Waals surface area contributed by atoms with Crippen molar-refractivity contribution < 1.29 is 86.3 Å². The highest BCUT2D eigenvalue weighted by Crippen LogP contribution is 2.48. The lowest BCUT2D eigenvalue weighted by atomic mass is 9.94. The number of carbonyl (C=O) groups excluding carboxylic acids is 2. The van der Waals surface area contributed by atoms with E-state index in [-0.39, 0.29) is 29.6 Å². The third-order valence-electron chi connectivity index (χ3n) is 11.9. The van der Waals surface area contributed by atoms with Crippen molar-refractivity contribution in [2.45, 2.75) is 148 Å². The summed E-state index contributed by atoms with van der Waals surface area (Å²) in [5, 5.41) is 11.8. The molecule has 4 aromatic rings. The Morgan fingerprint density at radius 2 is 0.957 bits per heavy atom. The first kappa shape index (κ1) is 58.4. The minimum absolute atomic E-state index is 0.184. The fraction of sp³-hybridized carbons (Fsp3) is 0.520. The van der Waals surface area contributed by atoms with Crippen LogP contribution in [0.3, 0.4) is 0 Å². The maximum Gasteiger partial charge on any atom is 0.437 e. The van der Waals surface area contributed by atoms with E-state index in [1.54, 1.807) is 45.0 Å². The van der Waals surface area contributed by atoms with Crippen LogP contribution < -0.4 is 0 Å². The van der Waals surface area contributed by atoms with Gasteiger partial charge in [0.05, 0.1) is 6.61 Å². The van der Waals surface area contributed by atoms with Gasteiger partial charge in [0.2, 0.25) is 0 Å². The molecule has 1 aliphatic carbocycles. The van der Waals surface area contributed by atoms with E-state index in [1.165, 1.54) is 46.2 Å². The molecular weight excluding hydrogens is 941 g/mol. The highest BCUT2D eigenvalue weighted by Gasteiger charge is 2.79. The van der Waals surface area contributed by atoms with Crippen LogP contribution in [0.2, 0.25) is 0 Å². The minimum atomic E-state index is -6.25. The van der Waals surface area contributed by atoms with Crippen LogP contribution in [0.25, 0.3) is 10.8 Å². The number of hydrogen-bond acceptors (Lipinski definition) is 7. The van der Waals surface area contributed by atoms with Gasteiger partial charge in [-0.2, -0.15) is 52.7 Å². The van der Waals surface area contributed by atoms with E-state index >= 15 is 0 Å². The zero-order valence-corrected chi connectivity index (χ0v) is 39.6. The van der Waals surface area contributed by atoms with Gasteiger partial charge in [-0.15, -0.1) is 0 Å². The minimum Gasteiger partial charge on any atom is -0.458 e. The van der Waals surface area contributed by atoms with Gasteiger partial charge in [-0.05, 0) is 86.1 Å². The molecule has 5 rings (SSSR count). The first-order valence-electron chi connectivity index (χ1n) is 21.9. The van der Waals surface area contributed by atoms with Crippen LogP contribution in [-0.4, -0.2) is 66.4 Å². The maximum atomic E-state index is 13.5. The molecule has 384 valence electrons. The second-order valence-corrected chi connectivity index (χ2v) is 18.2. The van der Waals surface area contributed by atoms with Crippen molar-refractivity contribution in [3.63, 3.8) is 0 Å². The van der Waals surface area contributed by atoms with Crippen molar-refractivity contribution in [1.29, 1.82) is 0 Å². The number of esters is 2. The van der Waals surface area contributed by atoms with Gasteiger partial charge in [0, 0.05) is 0 Å². The van der Waals surface area contributed by atoms with Gasteiger partial charge in [0.25, 0.3) is 0 Å². The van der Waals surface area contributed by atoms with E-state index in [9.17, 15) is 62.3 Å². The Labute approximate surface area is 393 Å². The van der Waals surface area contributed by atoms with Crippen LogP contribution >= 0.6 is 0 Å². The summed E-state index contributed by atoms with van der Waals surface area (Å²) in [7, 11) is 0. The van der Waals surface area contributed by atoms with Crippen molar-refractivity contribution in [1.82, 2.24) is 0 Å².